The predicted octanol–water partition coefficient (Wildman–Crippen LogP) is 3.19. The van der Waals surface area contributed by atoms with E-state index in [1.54, 1.807) is 7.11 Å². The van der Waals surface area contributed by atoms with E-state index in [1.165, 1.54) is 24.9 Å². The molecule has 0 unspecified atom stereocenters. The van der Waals surface area contributed by atoms with Crippen LogP contribution in [-0.2, 0) is 4.74 Å². The minimum Gasteiger partial charge on any atom is -0.385 e. The summed E-state index contributed by atoms with van der Waals surface area (Å²) in [7, 11) is 3.66. The number of nitrogens with one attached hydrogen (secondary N) is 2. The van der Waals surface area contributed by atoms with Crippen molar-refractivity contribution < 1.29 is 4.74 Å². The zero-order chi connectivity index (χ0) is 20.4. The van der Waals surface area contributed by atoms with Crippen molar-refractivity contribution >= 4 is 35.6 Å². The van der Waals surface area contributed by atoms with Crippen LogP contribution in [-0.4, -0.2) is 77.4 Å². The number of rotatable bonds is 10. The number of aliphatic imine (C=N–C) groups is 1. The summed E-state index contributed by atoms with van der Waals surface area (Å²) in [5, 5.41) is 7.04. The van der Waals surface area contributed by atoms with E-state index in [0.717, 1.165) is 71.2 Å². The van der Waals surface area contributed by atoms with Crippen LogP contribution in [0.4, 0.5) is 5.69 Å². The minimum atomic E-state index is 0. The third-order valence-corrected chi connectivity index (χ3v) is 6.54. The van der Waals surface area contributed by atoms with E-state index < -0.39 is 0 Å². The van der Waals surface area contributed by atoms with Crippen LogP contribution in [0.1, 0.15) is 32.1 Å². The summed E-state index contributed by atoms with van der Waals surface area (Å²) in [6.45, 7) is 8.47. The number of guanidine groups is 1. The zero-order valence-electron chi connectivity index (χ0n) is 18.7. The van der Waals surface area contributed by atoms with Gasteiger partial charge in [0, 0.05) is 65.7 Å². The molecule has 30 heavy (non-hydrogen) atoms. The molecule has 170 valence electrons. The van der Waals surface area contributed by atoms with Gasteiger partial charge in [-0.2, -0.15) is 0 Å². The molecule has 3 rings (SSSR count). The quantitative estimate of drug-likeness (QED) is 0.211. The number of piperazine rings is 1. The normalized spacial score (nSPS) is 19.0. The van der Waals surface area contributed by atoms with Gasteiger partial charge in [0.25, 0.3) is 0 Å². The molecule has 1 aliphatic heterocycles. The lowest BCUT2D eigenvalue weighted by Gasteiger charge is -2.42. The second kappa shape index (κ2) is 13.4. The van der Waals surface area contributed by atoms with Gasteiger partial charge in [0.2, 0.25) is 0 Å². The van der Waals surface area contributed by atoms with Crippen LogP contribution in [0, 0.1) is 5.41 Å². The molecular weight excluding hydrogens is 489 g/mol. The number of halogens is 1. The smallest absolute Gasteiger partial charge is 0.190 e. The summed E-state index contributed by atoms with van der Waals surface area (Å²) in [4.78, 5) is 9.46. The number of methoxy groups -OCH3 is 1. The molecule has 1 aromatic carbocycles. The third-order valence-electron chi connectivity index (χ3n) is 6.54. The Kier molecular flexibility index (Phi) is 11.2. The third kappa shape index (κ3) is 7.57. The van der Waals surface area contributed by atoms with Gasteiger partial charge >= 0.3 is 0 Å². The maximum atomic E-state index is 5.29. The van der Waals surface area contributed by atoms with Crippen LogP contribution in [0.25, 0.3) is 0 Å². The van der Waals surface area contributed by atoms with Crippen molar-refractivity contribution in [1.82, 2.24) is 15.5 Å². The van der Waals surface area contributed by atoms with Crippen molar-refractivity contribution in [3.05, 3.63) is 30.3 Å². The molecule has 0 radical (unpaired) electrons. The van der Waals surface area contributed by atoms with Crippen LogP contribution < -0.4 is 15.5 Å². The summed E-state index contributed by atoms with van der Waals surface area (Å²) in [6, 6.07) is 10.8. The summed E-state index contributed by atoms with van der Waals surface area (Å²) < 4.78 is 5.29. The molecule has 1 aromatic rings. The van der Waals surface area contributed by atoms with Gasteiger partial charge in [-0.05, 0) is 49.8 Å². The highest BCUT2D eigenvalue weighted by Gasteiger charge is 2.36. The van der Waals surface area contributed by atoms with Crippen LogP contribution in [0.5, 0.6) is 0 Å². The van der Waals surface area contributed by atoms with Crippen LogP contribution in [0.2, 0.25) is 0 Å². The van der Waals surface area contributed by atoms with Crippen molar-refractivity contribution in [1.29, 1.82) is 0 Å². The molecule has 1 saturated carbocycles. The molecule has 0 bridgehead atoms. The van der Waals surface area contributed by atoms with E-state index in [4.69, 9.17) is 4.74 Å². The van der Waals surface area contributed by atoms with Gasteiger partial charge < -0.3 is 20.3 Å². The molecule has 2 aliphatic rings. The van der Waals surface area contributed by atoms with Crippen molar-refractivity contribution in [3.8, 4) is 0 Å². The number of para-hydroxylation sites is 1. The fraction of sp³-hybridized carbons (Fsp3) is 0.696. The number of hydrogen-bond acceptors (Lipinski definition) is 4. The Labute approximate surface area is 199 Å². The van der Waals surface area contributed by atoms with Gasteiger partial charge in [-0.1, -0.05) is 24.6 Å². The lowest BCUT2D eigenvalue weighted by molar-refractivity contribution is 0.0732. The molecule has 7 heteroatoms. The Morgan fingerprint density at radius 1 is 1.10 bits per heavy atom. The number of nitrogens with zero attached hydrogens (tertiary/aromatic N) is 3. The van der Waals surface area contributed by atoms with E-state index in [2.05, 4.69) is 55.8 Å². The topological polar surface area (TPSA) is 52.1 Å². The largest absolute Gasteiger partial charge is 0.385 e. The minimum absolute atomic E-state index is 0. The lowest BCUT2D eigenvalue weighted by atomic mass is 9.67. The van der Waals surface area contributed by atoms with Crippen molar-refractivity contribution in [2.75, 3.05) is 71.5 Å². The molecule has 6 nitrogen and oxygen atoms in total. The first-order valence-corrected chi connectivity index (χ1v) is 11.2. The summed E-state index contributed by atoms with van der Waals surface area (Å²) in [5.41, 5.74) is 1.75. The van der Waals surface area contributed by atoms with E-state index in [-0.39, 0.29) is 24.0 Å². The maximum absolute atomic E-state index is 5.29. The second-order valence-corrected chi connectivity index (χ2v) is 8.47. The molecule has 2 fully saturated rings. The van der Waals surface area contributed by atoms with Crippen LogP contribution >= 0.6 is 24.0 Å². The van der Waals surface area contributed by atoms with E-state index in [0.29, 0.717) is 5.41 Å². The zero-order valence-corrected chi connectivity index (χ0v) is 21.1. The van der Waals surface area contributed by atoms with E-state index in [9.17, 15) is 0 Å². The molecule has 1 saturated heterocycles. The average molecular weight is 530 g/mol. The van der Waals surface area contributed by atoms with Gasteiger partial charge in [-0.15, -0.1) is 24.0 Å². The number of ether oxygens (including phenoxy) is 1. The first kappa shape index (κ1) is 25.2. The number of benzene rings is 1. The monoisotopic (exact) mass is 529 g/mol. The first-order chi connectivity index (χ1) is 14.2. The standard InChI is InChI=1S/C23H39N5O.HI/c1-24-22(26-20-23(10-6-11-23)12-19-29-2)25-13-7-14-27-15-17-28(18-16-27)21-8-4-3-5-9-21;/h3-5,8-9H,6-7,10-20H2,1-2H3,(H2,24,25,26);1H. The average Bonchev–Trinajstić information content (AvgIpc) is 2.75. The van der Waals surface area contributed by atoms with Crippen LogP contribution in [0.3, 0.4) is 0 Å². The summed E-state index contributed by atoms with van der Waals surface area (Å²) in [5.74, 6) is 0.933. The summed E-state index contributed by atoms with van der Waals surface area (Å²) >= 11 is 0. The molecule has 2 N–H and O–H groups in total. The lowest BCUT2D eigenvalue weighted by Crippen LogP contribution is -2.48. The van der Waals surface area contributed by atoms with Crippen molar-refractivity contribution in [2.24, 2.45) is 10.4 Å². The molecule has 0 aromatic heterocycles. The maximum Gasteiger partial charge on any atom is 0.190 e. The van der Waals surface area contributed by atoms with E-state index >= 15 is 0 Å². The predicted molar refractivity (Wildman–Crippen MR) is 137 cm³/mol. The second-order valence-electron chi connectivity index (χ2n) is 8.47. The Hall–Kier alpha value is -1.06. The Morgan fingerprint density at radius 3 is 2.43 bits per heavy atom. The van der Waals surface area contributed by atoms with Gasteiger partial charge in [0.15, 0.2) is 5.96 Å². The highest BCUT2D eigenvalue weighted by Crippen LogP contribution is 2.43. The molecule has 1 heterocycles. The SMILES string of the molecule is CN=C(NCCCN1CCN(c2ccccc2)CC1)NCC1(CCOC)CCC1.I. The molecule has 1 aliphatic carbocycles. The number of anilines is 1. The van der Waals surface area contributed by atoms with Gasteiger partial charge in [-0.25, -0.2) is 0 Å². The van der Waals surface area contributed by atoms with Crippen LogP contribution in [0.15, 0.2) is 35.3 Å². The van der Waals surface area contributed by atoms with Gasteiger partial charge in [0.1, 0.15) is 0 Å². The number of hydrogen-bond donors (Lipinski definition) is 2. The highest BCUT2D eigenvalue weighted by atomic mass is 127. The molecule has 0 amide bonds. The fourth-order valence-corrected chi connectivity index (χ4v) is 4.38. The Morgan fingerprint density at radius 2 is 1.83 bits per heavy atom. The fourth-order valence-electron chi connectivity index (χ4n) is 4.38. The van der Waals surface area contributed by atoms with Gasteiger partial charge in [-0.3, -0.25) is 9.89 Å². The van der Waals surface area contributed by atoms with Gasteiger partial charge in [0.05, 0.1) is 0 Å². The van der Waals surface area contributed by atoms with E-state index in [1.807, 2.05) is 7.05 Å². The Bertz CT molecular complexity index is 615. The first-order valence-electron chi connectivity index (χ1n) is 11.2. The highest BCUT2D eigenvalue weighted by molar-refractivity contribution is 14.0. The molecular formula is C23H40IN5O. The Balaban J connectivity index is 0.00000320. The van der Waals surface area contributed by atoms with Crippen molar-refractivity contribution in [2.45, 2.75) is 32.1 Å². The molecule has 0 atom stereocenters. The van der Waals surface area contributed by atoms with Crippen molar-refractivity contribution in [3.63, 3.8) is 0 Å². The summed E-state index contributed by atoms with van der Waals surface area (Å²) in [6.07, 6.45) is 6.23. The molecule has 0 spiro atoms.